The minimum absolute atomic E-state index is 0.276. The van der Waals surface area contributed by atoms with E-state index >= 15 is 0 Å². The SMILES string of the molecule is C[C@@H]([NH2+]C[C@@H](O)COCc1ccccc1Cl)c1ccc2ccccc2c1. The molecule has 0 aliphatic rings. The minimum atomic E-state index is -0.514. The van der Waals surface area contributed by atoms with Crippen LogP contribution in [0.1, 0.15) is 24.1 Å². The molecule has 0 saturated carbocycles. The number of ether oxygens (including phenoxy) is 1. The van der Waals surface area contributed by atoms with Gasteiger partial charge in [-0.1, -0.05) is 66.2 Å². The Kier molecular flexibility index (Phi) is 6.64. The molecule has 4 heteroatoms. The van der Waals surface area contributed by atoms with Crippen molar-refractivity contribution >= 4 is 22.4 Å². The summed E-state index contributed by atoms with van der Waals surface area (Å²) in [6, 6.07) is 22.8. The van der Waals surface area contributed by atoms with Crippen molar-refractivity contribution in [1.82, 2.24) is 0 Å². The lowest BCUT2D eigenvalue weighted by atomic mass is 10.0. The molecule has 0 amide bonds. The van der Waals surface area contributed by atoms with Crippen LogP contribution in [0.15, 0.2) is 66.7 Å². The Balaban J connectivity index is 1.45. The van der Waals surface area contributed by atoms with Crippen molar-refractivity contribution in [3.8, 4) is 0 Å². The molecular weight excluding hydrogens is 346 g/mol. The van der Waals surface area contributed by atoms with Crippen molar-refractivity contribution in [1.29, 1.82) is 0 Å². The van der Waals surface area contributed by atoms with Crippen molar-refractivity contribution in [3.63, 3.8) is 0 Å². The van der Waals surface area contributed by atoms with E-state index in [0.717, 1.165) is 5.56 Å². The number of aliphatic hydroxyl groups is 1. The molecule has 0 radical (unpaired) electrons. The first kappa shape index (κ1) is 18.9. The van der Waals surface area contributed by atoms with Crippen molar-refractivity contribution in [2.24, 2.45) is 0 Å². The Hall–Kier alpha value is -1.91. The first-order valence-electron chi connectivity index (χ1n) is 8.94. The van der Waals surface area contributed by atoms with E-state index in [1.165, 1.54) is 16.3 Å². The van der Waals surface area contributed by atoms with Gasteiger partial charge < -0.3 is 15.2 Å². The Morgan fingerprint density at radius 3 is 2.54 bits per heavy atom. The van der Waals surface area contributed by atoms with Gasteiger partial charge in [0.05, 0.1) is 13.2 Å². The Labute approximate surface area is 159 Å². The highest BCUT2D eigenvalue weighted by atomic mass is 35.5. The molecule has 3 aromatic carbocycles. The predicted octanol–water partition coefficient (Wildman–Crippen LogP) is 3.70. The second kappa shape index (κ2) is 9.15. The normalized spacial score (nSPS) is 13.7. The lowest BCUT2D eigenvalue weighted by Gasteiger charge is -2.15. The fourth-order valence-corrected chi connectivity index (χ4v) is 3.17. The molecule has 0 unspecified atom stereocenters. The van der Waals surface area contributed by atoms with Crippen LogP contribution in [0.2, 0.25) is 5.02 Å². The second-order valence-corrected chi connectivity index (χ2v) is 7.03. The fourth-order valence-electron chi connectivity index (χ4n) is 2.98. The quantitative estimate of drug-likeness (QED) is 0.635. The zero-order chi connectivity index (χ0) is 18.4. The van der Waals surface area contributed by atoms with Crippen molar-refractivity contribution in [2.45, 2.75) is 25.7 Å². The number of hydrogen-bond donors (Lipinski definition) is 2. The molecule has 0 spiro atoms. The molecule has 0 heterocycles. The number of quaternary nitrogens is 1. The van der Waals surface area contributed by atoms with E-state index < -0.39 is 6.10 Å². The molecule has 0 aliphatic heterocycles. The van der Waals surface area contributed by atoms with Crippen LogP contribution in [0.25, 0.3) is 10.8 Å². The molecule has 136 valence electrons. The van der Waals surface area contributed by atoms with Crippen LogP contribution in [0, 0.1) is 0 Å². The van der Waals surface area contributed by atoms with E-state index in [1.54, 1.807) is 0 Å². The van der Waals surface area contributed by atoms with Crippen LogP contribution in [0.3, 0.4) is 0 Å². The number of aliphatic hydroxyl groups excluding tert-OH is 1. The van der Waals surface area contributed by atoms with Gasteiger partial charge in [-0.3, -0.25) is 0 Å². The Bertz CT molecular complexity index is 852. The van der Waals surface area contributed by atoms with Crippen LogP contribution in [0.4, 0.5) is 0 Å². The molecule has 3 nitrogen and oxygen atoms in total. The lowest BCUT2D eigenvalue weighted by molar-refractivity contribution is -0.698. The number of nitrogens with two attached hydrogens (primary N) is 1. The van der Waals surface area contributed by atoms with Gasteiger partial charge in [-0.15, -0.1) is 0 Å². The van der Waals surface area contributed by atoms with Crippen LogP contribution < -0.4 is 5.32 Å². The summed E-state index contributed by atoms with van der Waals surface area (Å²) < 4.78 is 5.60. The fraction of sp³-hybridized carbons (Fsp3) is 0.273. The summed E-state index contributed by atoms with van der Waals surface area (Å²) in [6.07, 6.45) is -0.514. The van der Waals surface area contributed by atoms with E-state index in [4.69, 9.17) is 16.3 Å². The summed E-state index contributed by atoms with van der Waals surface area (Å²) in [5.41, 5.74) is 2.20. The Morgan fingerprint density at radius 2 is 1.73 bits per heavy atom. The molecule has 0 fully saturated rings. The largest absolute Gasteiger partial charge is 0.385 e. The summed E-state index contributed by atoms with van der Waals surface area (Å²) in [5.74, 6) is 0. The summed E-state index contributed by atoms with van der Waals surface area (Å²) in [7, 11) is 0. The summed E-state index contributed by atoms with van der Waals surface area (Å²) >= 11 is 6.10. The molecular formula is C22H25ClNO2+. The third kappa shape index (κ3) is 5.05. The molecule has 0 bridgehead atoms. The monoisotopic (exact) mass is 370 g/mol. The van der Waals surface area contributed by atoms with Gasteiger partial charge in [0, 0.05) is 10.6 Å². The summed E-state index contributed by atoms with van der Waals surface area (Å²) in [6.45, 7) is 3.46. The van der Waals surface area contributed by atoms with Crippen molar-refractivity contribution in [3.05, 3.63) is 82.9 Å². The number of fused-ring (bicyclic) bond motifs is 1. The molecule has 0 saturated heterocycles. The van der Waals surface area contributed by atoms with Gasteiger partial charge in [-0.2, -0.15) is 0 Å². The van der Waals surface area contributed by atoms with E-state index in [1.807, 2.05) is 24.3 Å². The predicted molar refractivity (Wildman–Crippen MR) is 106 cm³/mol. The standard InChI is InChI=1S/C22H24ClNO2/c1-16(18-11-10-17-6-2-3-7-19(17)12-18)24-13-21(25)15-26-14-20-8-4-5-9-22(20)23/h2-12,16,21,24-25H,13-15H2,1H3/p+1/t16-,21-/m1/s1. The van der Waals surface area contributed by atoms with Gasteiger partial charge in [0.15, 0.2) is 0 Å². The topological polar surface area (TPSA) is 46.1 Å². The Morgan fingerprint density at radius 1 is 1.00 bits per heavy atom. The van der Waals surface area contributed by atoms with Crippen LogP contribution in [0.5, 0.6) is 0 Å². The van der Waals surface area contributed by atoms with Crippen molar-refractivity contribution in [2.75, 3.05) is 13.2 Å². The number of hydrogen-bond acceptors (Lipinski definition) is 2. The zero-order valence-electron chi connectivity index (χ0n) is 14.9. The molecule has 0 aromatic heterocycles. The first-order valence-corrected chi connectivity index (χ1v) is 9.32. The zero-order valence-corrected chi connectivity index (χ0v) is 15.7. The van der Waals surface area contributed by atoms with Crippen molar-refractivity contribution < 1.29 is 15.2 Å². The molecule has 26 heavy (non-hydrogen) atoms. The molecule has 3 N–H and O–H groups in total. The minimum Gasteiger partial charge on any atom is -0.385 e. The van der Waals surface area contributed by atoms with Gasteiger partial charge in [0.2, 0.25) is 0 Å². The molecule has 0 aliphatic carbocycles. The highest BCUT2D eigenvalue weighted by Gasteiger charge is 2.13. The first-order chi connectivity index (χ1) is 12.6. The van der Waals surface area contributed by atoms with Crippen LogP contribution >= 0.6 is 11.6 Å². The smallest absolute Gasteiger partial charge is 0.126 e. The van der Waals surface area contributed by atoms with Gasteiger partial charge in [0.25, 0.3) is 0 Å². The van der Waals surface area contributed by atoms with E-state index in [0.29, 0.717) is 24.8 Å². The van der Waals surface area contributed by atoms with Crippen LogP contribution in [-0.2, 0) is 11.3 Å². The molecule has 3 rings (SSSR count). The number of benzene rings is 3. The average molecular weight is 371 g/mol. The van der Waals surface area contributed by atoms with Gasteiger partial charge >= 0.3 is 0 Å². The third-order valence-corrected chi connectivity index (χ3v) is 4.96. The maximum absolute atomic E-state index is 10.2. The van der Waals surface area contributed by atoms with E-state index in [-0.39, 0.29) is 6.04 Å². The van der Waals surface area contributed by atoms with Gasteiger partial charge in [-0.25, -0.2) is 0 Å². The molecule has 2 atom stereocenters. The summed E-state index contributed by atoms with van der Waals surface area (Å²) in [4.78, 5) is 0. The third-order valence-electron chi connectivity index (χ3n) is 4.59. The highest BCUT2D eigenvalue weighted by Crippen LogP contribution is 2.18. The summed E-state index contributed by atoms with van der Waals surface area (Å²) in [5, 5.41) is 15.5. The maximum atomic E-state index is 10.2. The van der Waals surface area contributed by atoms with E-state index in [9.17, 15) is 5.11 Å². The lowest BCUT2D eigenvalue weighted by Crippen LogP contribution is -2.87. The van der Waals surface area contributed by atoms with Crippen LogP contribution in [-0.4, -0.2) is 24.4 Å². The molecule has 3 aromatic rings. The number of halogens is 1. The van der Waals surface area contributed by atoms with E-state index in [2.05, 4.69) is 54.7 Å². The highest BCUT2D eigenvalue weighted by molar-refractivity contribution is 6.31. The maximum Gasteiger partial charge on any atom is 0.126 e. The van der Waals surface area contributed by atoms with Gasteiger partial charge in [0.1, 0.15) is 18.7 Å². The number of rotatable bonds is 8. The average Bonchev–Trinajstić information content (AvgIpc) is 2.67. The second-order valence-electron chi connectivity index (χ2n) is 6.63. The van der Waals surface area contributed by atoms with Gasteiger partial charge in [-0.05, 0) is 35.4 Å².